The van der Waals surface area contributed by atoms with Crippen molar-refractivity contribution in [1.82, 2.24) is 9.55 Å². The molecule has 0 unspecified atom stereocenters. The van der Waals surface area contributed by atoms with E-state index in [2.05, 4.69) is 4.98 Å². The van der Waals surface area contributed by atoms with E-state index in [1.807, 2.05) is 11.5 Å². The molecule has 5 heteroatoms. The number of aromatic nitrogens is 2. The minimum Gasteiger partial charge on any atom is -0.481 e. The highest BCUT2D eigenvalue weighted by atomic mass is 16.4. The van der Waals surface area contributed by atoms with Gasteiger partial charge in [0.25, 0.3) is 0 Å². The van der Waals surface area contributed by atoms with E-state index < -0.39 is 11.4 Å². The number of rotatable bonds is 3. The number of aliphatic carboxylic acids is 1. The normalized spacial score (nSPS) is 19.2. The Labute approximate surface area is 99.5 Å². The Morgan fingerprint density at radius 1 is 1.53 bits per heavy atom. The van der Waals surface area contributed by atoms with Gasteiger partial charge in [-0.05, 0) is 19.8 Å². The van der Waals surface area contributed by atoms with Gasteiger partial charge in [-0.2, -0.15) is 0 Å². The maximum atomic E-state index is 11.6. The molecule has 1 aromatic rings. The molecule has 92 valence electrons. The van der Waals surface area contributed by atoms with Crippen LogP contribution in [0.5, 0.6) is 0 Å². The van der Waals surface area contributed by atoms with Crippen molar-refractivity contribution in [3.63, 3.8) is 0 Å². The molecule has 17 heavy (non-hydrogen) atoms. The Bertz CT molecular complexity index is 440. The first-order chi connectivity index (χ1) is 8.10. The summed E-state index contributed by atoms with van der Waals surface area (Å²) in [7, 11) is 0. The van der Waals surface area contributed by atoms with Crippen LogP contribution < -0.4 is 0 Å². The number of imidazole rings is 1. The van der Waals surface area contributed by atoms with Crippen LogP contribution in [0.2, 0.25) is 0 Å². The van der Waals surface area contributed by atoms with Gasteiger partial charge in [-0.3, -0.25) is 9.59 Å². The van der Waals surface area contributed by atoms with E-state index in [0.29, 0.717) is 32.2 Å². The molecule has 1 aliphatic rings. The van der Waals surface area contributed by atoms with Crippen molar-refractivity contribution in [3.8, 4) is 0 Å². The van der Waals surface area contributed by atoms with Crippen LogP contribution >= 0.6 is 0 Å². The zero-order valence-electron chi connectivity index (χ0n) is 9.85. The molecule has 0 atom stereocenters. The molecular formula is C12H16N2O3. The number of Topliss-reactive ketones (excluding diaryl/α,β-unsaturated/α-hetero) is 1. The molecule has 1 heterocycles. The van der Waals surface area contributed by atoms with Crippen LogP contribution in [0, 0.1) is 0 Å². The van der Waals surface area contributed by atoms with Crippen LogP contribution in [-0.2, 0) is 21.5 Å². The Morgan fingerprint density at radius 3 is 2.71 bits per heavy atom. The Hall–Kier alpha value is -1.65. The Kier molecular flexibility index (Phi) is 3.00. The fourth-order valence-electron chi connectivity index (χ4n) is 2.51. The van der Waals surface area contributed by atoms with Crippen molar-refractivity contribution in [2.24, 2.45) is 0 Å². The Balaban J connectivity index is 2.42. The molecule has 0 aromatic carbocycles. The third kappa shape index (κ3) is 1.85. The van der Waals surface area contributed by atoms with E-state index in [0.717, 1.165) is 5.69 Å². The third-order valence-corrected chi connectivity index (χ3v) is 3.61. The molecule has 0 saturated heterocycles. The summed E-state index contributed by atoms with van der Waals surface area (Å²) in [6.07, 6.45) is 4.73. The van der Waals surface area contributed by atoms with Crippen LogP contribution in [0.25, 0.3) is 0 Å². The topological polar surface area (TPSA) is 72.2 Å². The molecule has 1 aliphatic carbocycles. The first-order valence-corrected chi connectivity index (χ1v) is 5.86. The molecule has 0 spiro atoms. The van der Waals surface area contributed by atoms with Gasteiger partial charge in [0.1, 0.15) is 11.2 Å². The van der Waals surface area contributed by atoms with E-state index in [-0.39, 0.29) is 5.78 Å². The smallest absolute Gasteiger partial charge is 0.315 e. The van der Waals surface area contributed by atoms with Crippen molar-refractivity contribution in [2.45, 2.75) is 44.6 Å². The number of carbonyl (C=O) groups is 2. The first kappa shape index (κ1) is 11.8. The van der Waals surface area contributed by atoms with E-state index in [1.54, 1.807) is 12.5 Å². The summed E-state index contributed by atoms with van der Waals surface area (Å²) < 4.78 is 1.85. The number of carboxylic acid groups (broad SMARTS) is 1. The minimum absolute atomic E-state index is 0.157. The molecule has 0 radical (unpaired) electrons. The summed E-state index contributed by atoms with van der Waals surface area (Å²) in [4.78, 5) is 26.9. The molecule has 1 N–H and O–H groups in total. The van der Waals surface area contributed by atoms with Crippen molar-refractivity contribution in [2.75, 3.05) is 0 Å². The summed E-state index contributed by atoms with van der Waals surface area (Å²) in [5.41, 5.74) is -0.208. The predicted molar refractivity (Wildman–Crippen MR) is 60.7 cm³/mol. The second-order valence-electron chi connectivity index (χ2n) is 4.49. The zero-order valence-corrected chi connectivity index (χ0v) is 9.85. The lowest BCUT2D eigenvalue weighted by molar-refractivity contribution is -0.146. The number of aryl methyl sites for hydroxylation is 1. The second-order valence-corrected chi connectivity index (χ2v) is 4.49. The highest BCUT2D eigenvalue weighted by Gasteiger charge is 2.45. The summed E-state index contributed by atoms with van der Waals surface area (Å²) in [6.45, 7) is 2.65. The molecule has 2 rings (SSSR count). The lowest BCUT2D eigenvalue weighted by Gasteiger charge is -2.33. The van der Waals surface area contributed by atoms with Crippen LogP contribution in [0.3, 0.4) is 0 Å². The molecule has 1 fully saturated rings. The maximum absolute atomic E-state index is 11.6. The molecule has 5 nitrogen and oxygen atoms in total. The van der Waals surface area contributed by atoms with E-state index in [9.17, 15) is 14.7 Å². The lowest BCUT2D eigenvalue weighted by Crippen LogP contribution is -2.41. The van der Waals surface area contributed by atoms with Gasteiger partial charge in [-0.1, -0.05) is 0 Å². The summed E-state index contributed by atoms with van der Waals surface area (Å²) >= 11 is 0. The van der Waals surface area contributed by atoms with Crippen LogP contribution in [0.4, 0.5) is 0 Å². The Morgan fingerprint density at radius 2 is 2.18 bits per heavy atom. The van der Waals surface area contributed by atoms with E-state index in [1.165, 1.54) is 0 Å². The maximum Gasteiger partial charge on any atom is 0.315 e. The third-order valence-electron chi connectivity index (χ3n) is 3.61. The SMILES string of the molecule is CCn1cncc1C1(C(=O)O)CCC(=O)CC1. The molecule has 1 aromatic heterocycles. The molecule has 0 amide bonds. The summed E-state index contributed by atoms with van der Waals surface area (Å²) in [5.74, 6) is -0.690. The monoisotopic (exact) mass is 236 g/mol. The summed E-state index contributed by atoms with van der Waals surface area (Å²) in [6, 6.07) is 0. The van der Waals surface area contributed by atoms with Gasteiger partial charge in [0.15, 0.2) is 0 Å². The average Bonchev–Trinajstić information content (AvgIpc) is 2.78. The fourth-order valence-corrected chi connectivity index (χ4v) is 2.51. The van der Waals surface area contributed by atoms with Gasteiger partial charge < -0.3 is 9.67 Å². The van der Waals surface area contributed by atoms with Crippen LogP contribution in [0.15, 0.2) is 12.5 Å². The number of hydrogen-bond acceptors (Lipinski definition) is 3. The van der Waals surface area contributed by atoms with Crippen molar-refractivity contribution in [3.05, 3.63) is 18.2 Å². The predicted octanol–water partition coefficient (Wildman–Crippen LogP) is 1.37. The number of carbonyl (C=O) groups excluding carboxylic acids is 1. The van der Waals surface area contributed by atoms with Crippen molar-refractivity contribution in [1.29, 1.82) is 0 Å². The minimum atomic E-state index is -0.930. The van der Waals surface area contributed by atoms with Gasteiger partial charge in [0.2, 0.25) is 0 Å². The largest absolute Gasteiger partial charge is 0.481 e. The highest BCUT2D eigenvalue weighted by molar-refractivity contribution is 5.87. The fraction of sp³-hybridized carbons (Fsp3) is 0.583. The average molecular weight is 236 g/mol. The van der Waals surface area contributed by atoms with E-state index in [4.69, 9.17) is 0 Å². The van der Waals surface area contributed by atoms with Crippen LogP contribution in [0.1, 0.15) is 38.3 Å². The van der Waals surface area contributed by atoms with E-state index >= 15 is 0 Å². The van der Waals surface area contributed by atoms with Gasteiger partial charge in [0, 0.05) is 25.6 Å². The quantitative estimate of drug-likeness (QED) is 0.860. The molecule has 1 saturated carbocycles. The first-order valence-electron chi connectivity index (χ1n) is 5.86. The second kappa shape index (κ2) is 4.31. The number of hydrogen-bond donors (Lipinski definition) is 1. The molecular weight excluding hydrogens is 220 g/mol. The highest BCUT2D eigenvalue weighted by Crippen LogP contribution is 2.38. The molecule has 0 aliphatic heterocycles. The lowest BCUT2D eigenvalue weighted by atomic mass is 9.71. The molecule has 0 bridgehead atoms. The van der Waals surface area contributed by atoms with Crippen molar-refractivity contribution < 1.29 is 14.7 Å². The van der Waals surface area contributed by atoms with Gasteiger partial charge >= 0.3 is 5.97 Å². The van der Waals surface area contributed by atoms with Gasteiger partial charge in [-0.15, -0.1) is 0 Å². The van der Waals surface area contributed by atoms with Crippen LogP contribution in [-0.4, -0.2) is 26.4 Å². The van der Waals surface area contributed by atoms with Crippen molar-refractivity contribution >= 4 is 11.8 Å². The number of nitrogens with zero attached hydrogens (tertiary/aromatic N) is 2. The number of ketones is 1. The zero-order chi connectivity index (χ0) is 12.5. The standard InChI is InChI=1S/C12H16N2O3/c1-2-14-8-13-7-10(14)12(11(16)17)5-3-9(15)4-6-12/h7-8H,2-6H2,1H3,(H,16,17). The summed E-state index contributed by atoms with van der Waals surface area (Å²) in [5, 5.41) is 9.51. The number of carboxylic acids is 1. The van der Waals surface area contributed by atoms with Gasteiger partial charge in [0.05, 0.1) is 12.0 Å². The van der Waals surface area contributed by atoms with Gasteiger partial charge in [-0.25, -0.2) is 4.98 Å².